The number of rotatable bonds is 27. The van der Waals surface area contributed by atoms with E-state index in [-0.39, 0.29) is 92.4 Å². The van der Waals surface area contributed by atoms with Gasteiger partial charge < -0.3 is 57.6 Å². The monoisotopic (exact) mass is 1210 g/mol. The van der Waals surface area contributed by atoms with Crippen molar-refractivity contribution in [1.29, 1.82) is 0 Å². The molecule has 1 N–H and O–H groups in total. The van der Waals surface area contributed by atoms with Crippen LogP contribution in [0.25, 0.3) is 0 Å². The summed E-state index contributed by atoms with van der Waals surface area (Å²) < 4.78 is 61.7. The lowest BCUT2D eigenvalue weighted by molar-refractivity contribution is -0.298. The summed E-state index contributed by atoms with van der Waals surface area (Å²) in [6.07, 6.45) is -7.94. The fraction of sp³-hybridized carbons (Fsp3) is 0.300. The number of carbonyl (C=O) groups excluding carboxylic acids is 7. The summed E-state index contributed by atoms with van der Waals surface area (Å²) in [6, 6.07) is 56.6. The van der Waals surface area contributed by atoms with E-state index in [1.165, 1.54) is 43.4 Å². The van der Waals surface area contributed by atoms with Crippen LogP contribution in [-0.4, -0.2) is 137 Å². The summed E-state index contributed by atoms with van der Waals surface area (Å²) >= 11 is 0. The molecule has 2 amide bonds. The summed E-state index contributed by atoms with van der Waals surface area (Å²) in [5.41, 5.74) is 1.73. The number of hydrogen-bond donors (Lipinski definition) is 1. The molecule has 2 saturated heterocycles. The van der Waals surface area contributed by atoms with E-state index in [0.717, 1.165) is 16.7 Å². The summed E-state index contributed by atoms with van der Waals surface area (Å²) in [7, 11) is 4.66. The van der Waals surface area contributed by atoms with E-state index in [1.807, 2.05) is 78.9 Å². The number of nitrogens with one attached hydrogen (secondary N) is 1. The maximum atomic E-state index is 14.7. The second-order valence-corrected chi connectivity index (χ2v) is 21.1. The lowest BCUT2D eigenvalue weighted by atomic mass is 9.79. The Morgan fingerprint density at radius 3 is 1.46 bits per heavy atom. The maximum Gasteiger partial charge on any atom is 0.338 e. The van der Waals surface area contributed by atoms with Crippen LogP contribution < -0.4 is 14.8 Å². The summed E-state index contributed by atoms with van der Waals surface area (Å²) in [5.74, 6) is -3.23. The highest BCUT2D eigenvalue weighted by atomic mass is 16.7. The number of likely N-dealkylation sites (tertiary alicyclic amines) is 1. The topological polar surface area (TPSA) is 227 Å². The van der Waals surface area contributed by atoms with Gasteiger partial charge in [0, 0.05) is 33.0 Å². The lowest BCUT2D eigenvalue weighted by Crippen LogP contribution is -2.63. The van der Waals surface area contributed by atoms with Gasteiger partial charge in [0.05, 0.1) is 55.0 Å². The Morgan fingerprint density at radius 1 is 0.506 bits per heavy atom. The molecule has 2 aliphatic rings. The lowest BCUT2D eigenvalue weighted by Gasteiger charge is -2.44. The number of hydrogen-bond acceptors (Lipinski definition) is 17. The molecule has 0 aliphatic carbocycles. The van der Waals surface area contributed by atoms with Crippen molar-refractivity contribution in [2.75, 3.05) is 47.6 Å². The van der Waals surface area contributed by atoms with Crippen molar-refractivity contribution in [3.63, 3.8) is 0 Å². The van der Waals surface area contributed by atoms with Crippen LogP contribution in [0.4, 0.5) is 0 Å². The Bertz CT molecular complexity index is 3400. The Labute approximate surface area is 516 Å². The van der Waals surface area contributed by atoms with Crippen molar-refractivity contribution in [3.05, 3.63) is 239 Å². The zero-order valence-corrected chi connectivity index (χ0v) is 49.6. The quantitative estimate of drug-likeness (QED) is 0.0219. The van der Waals surface area contributed by atoms with E-state index >= 15 is 0 Å². The van der Waals surface area contributed by atoms with Gasteiger partial charge in [-0.2, -0.15) is 0 Å². The molecular formula is C70H70N2O17. The average molecular weight is 1210 g/mol. The number of esters is 5. The first-order valence-electron chi connectivity index (χ1n) is 29.3. The van der Waals surface area contributed by atoms with Gasteiger partial charge in [0.25, 0.3) is 0 Å². The fourth-order valence-electron chi connectivity index (χ4n) is 10.7. The van der Waals surface area contributed by atoms with Crippen molar-refractivity contribution < 1.29 is 80.9 Å². The van der Waals surface area contributed by atoms with Gasteiger partial charge >= 0.3 is 29.8 Å². The highest BCUT2D eigenvalue weighted by Crippen LogP contribution is 2.44. The van der Waals surface area contributed by atoms with Gasteiger partial charge in [0.15, 0.2) is 24.6 Å². The normalized spacial score (nSPS) is 18.8. The van der Waals surface area contributed by atoms with Crippen molar-refractivity contribution in [2.24, 2.45) is 0 Å². The third kappa shape index (κ3) is 16.5. The number of benzene rings is 7. The van der Waals surface area contributed by atoms with E-state index in [4.69, 9.17) is 47.4 Å². The number of unbranched alkanes of at least 4 members (excludes halogenated alkanes) is 1. The van der Waals surface area contributed by atoms with Crippen LogP contribution in [0.2, 0.25) is 0 Å². The third-order valence-electron chi connectivity index (χ3n) is 15.3. The molecule has 9 rings (SSSR count). The molecule has 7 atom stereocenters. The fourth-order valence-corrected chi connectivity index (χ4v) is 10.7. The van der Waals surface area contributed by atoms with Gasteiger partial charge in [-0.15, -0.1) is 0 Å². The number of amides is 2. The first kappa shape index (κ1) is 63.8. The number of nitrogens with zero attached hydrogens (tertiary/aromatic N) is 1. The van der Waals surface area contributed by atoms with Crippen LogP contribution in [0, 0.1) is 0 Å². The molecule has 7 aromatic carbocycles. The zero-order valence-electron chi connectivity index (χ0n) is 49.6. The molecule has 462 valence electrons. The third-order valence-corrected chi connectivity index (χ3v) is 15.3. The standard InChI is InChI=1S/C70H70N2O17/c1-71-59(73)40-41-61(75)83-45-54-43-57(89-70(51-29-17-8-18-30-51,52-32-36-55(80-2)37-33-52)53-34-38-56(81-3)39-35-53)44-72(54)60(74)31-19-20-42-82-69-64(88-68(79)50-27-15-7-16-28-50)63(87-67(78)49-25-13-6-14-26-49)62(86-66(77)48-23-11-5-12-24-48)58(85-69)46-84-65(76)47-21-9-4-10-22-47/h4-18,21-30,32-39,54,57-58,62-64,69H,19-20,31,40-46H2,1-3H3,(H,71,73)/t54-,57+,58?,62-,63-,64?,69+/m0/s1. The summed E-state index contributed by atoms with van der Waals surface area (Å²) in [6.45, 7) is -0.739. The zero-order chi connectivity index (χ0) is 62.5. The van der Waals surface area contributed by atoms with E-state index in [2.05, 4.69) is 5.32 Å². The minimum Gasteiger partial charge on any atom is -0.497 e. The maximum absolute atomic E-state index is 14.7. The molecule has 0 saturated carbocycles. The van der Waals surface area contributed by atoms with Crippen LogP contribution in [0.15, 0.2) is 200 Å². The minimum absolute atomic E-state index is 0.0111. The highest BCUT2D eigenvalue weighted by Gasteiger charge is 2.54. The summed E-state index contributed by atoms with van der Waals surface area (Å²) in [5, 5.41) is 2.51. The van der Waals surface area contributed by atoms with Crippen LogP contribution in [0.3, 0.4) is 0 Å². The van der Waals surface area contributed by atoms with Gasteiger partial charge in [0.2, 0.25) is 11.8 Å². The Hall–Kier alpha value is -9.69. The van der Waals surface area contributed by atoms with E-state index in [9.17, 15) is 33.6 Å². The molecule has 2 aliphatic heterocycles. The van der Waals surface area contributed by atoms with Crippen molar-refractivity contribution in [1.82, 2.24) is 10.2 Å². The molecule has 0 bridgehead atoms. The van der Waals surface area contributed by atoms with Crippen LogP contribution >= 0.6 is 0 Å². The molecule has 89 heavy (non-hydrogen) atoms. The Kier molecular flexibility index (Phi) is 22.4. The number of methoxy groups -OCH3 is 2. The molecule has 19 heteroatoms. The van der Waals surface area contributed by atoms with Crippen molar-refractivity contribution in [2.45, 2.75) is 87.0 Å². The van der Waals surface area contributed by atoms with Crippen LogP contribution in [0.1, 0.15) is 96.6 Å². The molecule has 0 spiro atoms. The summed E-state index contributed by atoms with van der Waals surface area (Å²) in [4.78, 5) is 97.5. The van der Waals surface area contributed by atoms with Gasteiger partial charge in [-0.1, -0.05) is 127 Å². The van der Waals surface area contributed by atoms with E-state index in [0.29, 0.717) is 11.5 Å². The smallest absolute Gasteiger partial charge is 0.338 e. The molecular weight excluding hydrogens is 1140 g/mol. The molecule has 0 radical (unpaired) electrons. The van der Waals surface area contributed by atoms with Crippen LogP contribution in [-0.2, 0) is 57.9 Å². The predicted molar refractivity (Wildman–Crippen MR) is 324 cm³/mol. The van der Waals surface area contributed by atoms with Gasteiger partial charge in [0.1, 0.15) is 36.4 Å². The van der Waals surface area contributed by atoms with Crippen LogP contribution in [0.5, 0.6) is 11.5 Å². The second-order valence-electron chi connectivity index (χ2n) is 21.1. The molecule has 2 unspecified atom stereocenters. The minimum atomic E-state index is -1.64. The molecule has 7 aromatic rings. The van der Waals surface area contributed by atoms with Gasteiger partial charge in [-0.05, 0) is 109 Å². The number of ether oxygens (including phenoxy) is 10. The molecule has 2 fully saturated rings. The average Bonchev–Trinajstić information content (AvgIpc) is 1.73. The molecule has 19 nitrogen and oxygen atoms in total. The van der Waals surface area contributed by atoms with E-state index < -0.39 is 84.9 Å². The first-order valence-corrected chi connectivity index (χ1v) is 29.3. The first-order chi connectivity index (χ1) is 43.4. The number of carbonyl (C=O) groups is 7. The SMILES string of the molecule is CNC(=O)CCC(=O)OC[C@@H]1C[C@@H](OC(c2ccccc2)(c2ccc(OC)cc2)c2ccc(OC)cc2)CN1C(=O)CCCCO[C@@H]1OC(COC(=O)c2ccccc2)[C@H](OC(=O)c2ccccc2)[C@H](OC(=O)c2ccccc2)C1OC(=O)c1ccccc1. The van der Waals surface area contributed by atoms with Crippen molar-refractivity contribution in [3.8, 4) is 11.5 Å². The van der Waals surface area contributed by atoms with Gasteiger partial charge in [-0.3, -0.25) is 14.4 Å². The largest absolute Gasteiger partial charge is 0.497 e. The highest BCUT2D eigenvalue weighted by molar-refractivity contribution is 5.92. The Morgan fingerprint density at radius 2 is 0.966 bits per heavy atom. The predicted octanol–water partition coefficient (Wildman–Crippen LogP) is 9.50. The molecule has 2 heterocycles. The Balaban J connectivity index is 0.979. The van der Waals surface area contributed by atoms with Gasteiger partial charge in [-0.25, -0.2) is 19.2 Å². The van der Waals surface area contributed by atoms with Crippen molar-refractivity contribution >= 4 is 41.7 Å². The molecule has 0 aromatic heterocycles. The van der Waals surface area contributed by atoms with E-state index in [1.54, 1.807) is 104 Å². The second kappa shape index (κ2) is 31.3.